The second-order valence-corrected chi connectivity index (χ2v) is 12.3. The van der Waals surface area contributed by atoms with Crippen LogP contribution in [0.25, 0.3) is 21.0 Å². The predicted octanol–water partition coefficient (Wildman–Crippen LogP) is 5.96. The molecule has 1 saturated carbocycles. The topological polar surface area (TPSA) is 79.4 Å². The summed E-state index contributed by atoms with van der Waals surface area (Å²) in [6.07, 6.45) is 5.75. The number of imide groups is 1. The lowest BCUT2D eigenvalue weighted by Gasteiger charge is -2.19. The number of amides is 3. The predicted molar refractivity (Wildman–Crippen MR) is 148 cm³/mol. The lowest BCUT2D eigenvalue weighted by Crippen LogP contribution is -2.30. The molecule has 4 aromatic rings. The number of aromatic nitrogens is 1. The summed E-state index contributed by atoms with van der Waals surface area (Å²) in [6.45, 7) is 0. The summed E-state index contributed by atoms with van der Waals surface area (Å²) in [6, 6.07) is 16.0. The molecule has 2 atom stereocenters. The fourth-order valence-electron chi connectivity index (χ4n) is 6.18. The van der Waals surface area contributed by atoms with Crippen molar-refractivity contribution in [3.63, 3.8) is 0 Å². The van der Waals surface area contributed by atoms with Gasteiger partial charge in [-0.3, -0.25) is 19.3 Å². The minimum atomic E-state index is -0.165. The van der Waals surface area contributed by atoms with Gasteiger partial charge >= 0.3 is 0 Å². The maximum absolute atomic E-state index is 13.0. The van der Waals surface area contributed by atoms with Crippen molar-refractivity contribution in [2.45, 2.75) is 42.9 Å². The number of hydrogen-bond donors (Lipinski definition) is 1. The standard InChI is InChI=1S/C29H25N3O3S2/c33-25(30-22-12-10-17-9-8-16-4-3-7-21(22)26(16)17)15-36-29-31-23-13-11-18(14-24(23)37-29)32-27(34)19-5-1-2-6-20(19)28(32)35/h3-4,7,10-14,19-20H,1-2,5-6,8-9,15H2,(H,30,33)/t19-,20-/m0/s1. The van der Waals surface area contributed by atoms with Gasteiger partial charge in [-0.2, -0.15) is 0 Å². The normalized spacial score (nSPS) is 20.7. The number of rotatable bonds is 5. The van der Waals surface area contributed by atoms with E-state index in [1.807, 2.05) is 24.3 Å². The maximum Gasteiger partial charge on any atom is 0.237 e. The van der Waals surface area contributed by atoms with Crippen LogP contribution in [-0.4, -0.2) is 28.5 Å². The van der Waals surface area contributed by atoms with Gasteiger partial charge in [-0.05, 0) is 66.5 Å². The average Bonchev–Trinajstić information content (AvgIpc) is 3.59. The molecule has 3 aromatic carbocycles. The first-order chi connectivity index (χ1) is 18.1. The summed E-state index contributed by atoms with van der Waals surface area (Å²) in [4.78, 5) is 44.8. The molecule has 2 fully saturated rings. The van der Waals surface area contributed by atoms with Crippen LogP contribution in [0.1, 0.15) is 36.8 Å². The van der Waals surface area contributed by atoms with E-state index in [2.05, 4.69) is 34.6 Å². The van der Waals surface area contributed by atoms with Crippen LogP contribution in [-0.2, 0) is 27.2 Å². The van der Waals surface area contributed by atoms with E-state index in [4.69, 9.17) is 0 Å². The lowest BCUT2D eigenvalue weighted by atomic mass is 9.81. The molecule has 0 bridgehead atoms. The monoisotopic (exact) mass is 527 g/mol. The zero-order chi connectivity index (χ0) is 25.1. The molecule has 1 N–H and O–H groups in total. The van der Waals surface area contributed by atoms with Gasteiger partial charge in [0.05, 0.1) is 33.5 Å². The molecule has 3 amide bonds. The number of thioether (sulfide) groups is 1. The van der Waals surface area contributed by atoms with E-state index in [-0.39, 0.29) is 35.3 Å². The van der Waals surface area contributed by atoms with Crippen LogP contribution < -0.4 is 10.2 Å². The highest BCUT2D eigenvalue weighted by Crippen LogP contribution is 2.41. The molecule has 6 nitrogen and oxygen atoms in total. The maximum atomic E-state index is 13.0. The van der Waals surface area contributed by atoms with Gasteiger partial charge in [-0.25, -0.2) is 4.98 Å². The fourth-order valence-corrected chi connectivity index (χ4v) is 8.08. The van der Waals surface area contributed by atoms with E-state index >= 15 is 0 Å². The van der Waals surface area contributed by atoms with E-state index in [1.165, 1.54) is 44.5 Å². The molecule has 1 aliphatic heterocycles. The van der Waals surface area contributed by atoms with E-state index in [0.29, 0.717) is 5.69 Å². The highest BCUT2D eigenvalue weighted by molar-refractivity contribution is 8.01. The van der Waals surface area contributed by atoms with Crippen molar-refractivity contribution < 1.29 is 14.4 Å². The Hall–Kier alpha value is -3.23. The third-order valence-electron chi connectivity index (χ3n) is 7.93. The number of anilines is 2. The Morgan fingerprint density at radius 1 is 1.00 bits per heavy atom. The minimum absolute atomic E-state index is 0.0622. The van der Waals surface area contributed by atoms with Crippen LogP contribution in [0.3, 0.4) is 0 Å². The molecule has 2 heterocycles. The molecular formula is C29H25N3O3S2. The minimum Gasteiger partial charge on any atom is -0.325 e. The van der Waals surface area contributed by atoms with Crippen molar-refractivity contribution in [3.05, 3.63) is 59.7 Å². The molecule has 1 aromatic heterocycles. The van der Waals surface area contributed by atoms with E-state index in [0.717, 1.165) is 64.2 Å². The van der Waals surface area contributed by atoms with Crippen LogP contribution in [0, 0.1) is 11.8 Å². The summed E-state index contributed by atoms with van der Waals surface area (Å²) in [5, 5.41) is 5.47. The summed E-state index contributed by atoms with van der Waals surface area (Å²) in [5.74, 6) is -0.273. The van der Waals surface area contributed by atoms with Crippen molar-refractivity contribution in [3.8, 4) is 0 Å². The molecule has 8 heteroatoms. The number of carbonyl (C=O) groups excluding carboxylic acids is 3. The van der Waals surface area contributed by atoms with Gasteiger partial charge in [0.25, 0.3) is 0 Å². The van der Waals surface area contributed by atoms with Crippen LogP contribution in [0.5, 0.6) is 0 Å². The Bertz CT molecular complexity index is 1580. The van der Waals surface area contributed by atoms with E-state index in [9.17, 15) is 14.4 Å². The first-order valence-electron chi connectivity index (χ1n) is 12.8. The van der Waals surface area contributed by atoms with Gasteiger partial charge in [0.1, 0.15) is 0 Å². The van der Waals surface area contributed by atoms with Gasteiger partial charge in [0.2, 0.25) is 17.7 Å². The highest BCUT2D eigenvalue weighted by atomic mass is 32.2. The molecule has 7 rings (SSSR count). The van der Waals surface area contributed by atoms with Crippen LogP contribution in [0.2, 0.25) is 0 Å². The largest absolute Gasteiger partial charge is 0.325 e. The zero-order valence-corrected chi connectivity index (χ0v) is 21.8. The first-order valence-corrected chi connectivity index (χ1v) is 14.6. The van der Waals surface area contributed by atoms with Crippen LogP contribution in [0.15, 0.2) is 52.9 Å². The Morgan fingerprint density at radius 3 is 2.54 bits per heavy atom. The second kappa shape index (κ2) is 8.96. The zero-order valence-electron chi connectivity index (χ0n) is 20.2. The van der Waals surface area contributed by atoms with Crippen LogP contribution in [0.4, 0.5) is 11.4 Å². The quantitative estimate of drug-likeness (QED) is 0.256. The number of benzene rings is 3. The average molecular weight is 528 g/mol. The van der Waals surface area contributed by atoms with Crippen molar-refractivity contribution in [2.24, 2.45) is 11.8 Å². The number of carbonyl (C=O) groups is 3. The third-order valence-corrected chi connectivity index (χ3v) is 10.1. The van der Waals surface area contributed by atoms with Gasteiger partial charge in [0, 0.05) is 11.1 Å². The van der Waals surface area contributed by atoms with E-state index in [1.54, 1.807) is 0 Å². The van der Waals surface area contributed by atoms with Gasteiger partial charge in [0.15, 0.2) is 4.34 Å². The number of thiazole rings is 1. The number of fused-ring (bicyclic) bond motifs is 2. The molecule has 37 heavy (non-hydrogen) atoms. The fraction of sp³-hybridized carbons (Fsp3) is 0.310. The Balaban J connectivity index is 1.06. The number of aryl methyl sites for hydroxylation is 2. The molecule has 186 valence electrons. The second-order valence-electron chi connectivity index (χ2n) is 10.1. The summed E-state index contributed by atoms with van der Waals surface area (Å²) in [7, 11) is 0. The molecule has 2 aliphatic carbocycles. The SMILES string of the molecule is O=C(CSc1nc2ccc(N3C(=O)[C@H]4CCCC[C@@H]4C3=O)cc2s1)Nc1ccc2c3c(cccc13)CC2. The Kier molecular flexibility index (Phi) is 5.55. The third kappa shape index (κ3) is 3.85. The van der Waals surface area contributed by atoms with Gasteiger partial charge in [-0.1, -0.05) is 48.9 Å². The van der Waals surface area contributed by atoms with Crippen LogP contribution >= 0.6 is 23.1 Å². The summed E-state index contributed by atoms with van der Waals surface area (Å²) < 4.78 is 1.69. The van der Waals surface area contributed by atoms with Crippen molar-refractivity contribution in [2.75, 3.05) is 16.0 Å². The Labute approximate surface area is 222 Å². The molecule has 0 unspecified atom stereocenters. The lowest BCUT2D eigenvalue weighted by molar-refractivity contribution is -0.122. The van der Waals surface area contributed by atoms with Crippen molar-refractivity contribution in [1.29, 1.82) is 0 Å². The van der Waals surface area contributed by atoms with E-state index < -0.39 is 0 Å². The molecule has 0 spiro atoms. The summed E-state index contributed by atoms with van der Waals surface area (Å²) in [5.41, 5.74) is 4.98. The first kappa shape index (κ1) is 22.9. The summed E-state index contributed by atoms with van der Waals surface area (Å²) >= 11 is 2.88. The van der Waals surface area contributed by atoms with Crippen molar-refractivity contribution >= 4 is 73.2 Å². The smallest absolute Gasteiger partial charge is 0.237 e. The Morgan fingerprint density at radius 2 is 1.76 bits per heavy atom. The van der Waals surface area contributed by atoms with Crippen molar-refractivity contribution in [1.82, 2.24) is 4.98 Å². The van der Waals surface area contributed by atoms with Gasteiger partial charge in [-0.15, -0.1) is 11.3 Å². The number of hydrogen-bond acceptors (Lipinski definition) is 6. The van der Waals surface area contributed by atoms with Gasteiger partial charge < -0.3 is 5.32 Å². The highest BCUT2D eigenvalue weighted by Gasteiger charge is 2.48. The molecule has 1 saturated heterocycles. The molecule has 0 radical (unpaired) electrons. The molecular weight excluding hydrogens is 502 g/mol. The molecule has 3 aliphatic rings. The number of nitrogens with one attached hydrogen (secondary N) is 1. The number of nitrogens with zero attached hydrogens (tertiary/aromatic N) is 2.